The summed E-state index contributed by atoms with van der Waals surface area (Å²) in [5.74, 6) is 1.15. The zero-order valence-electron chi connectivity index (χ0n) is 19.9. The maximum Gasteiger partial charge on any atom is 0.270 e. The Bertz CT molecular complexity index is 1560. The monoisotopic (exact) mass is 550 g/mol. The number of fused-ring (bicyclic) bond motifs is 1. The van der Waals surface area contributed by atoms with Crippen molar-refractivity contribution in [3.05, 3.63) is 57.2 Å². The van der Waals surface area contributed by atoms with Crippen molar-refractivity contribution in [2.45, 2.75) is 44.7 Å². The van der Waals surface area contributed by atoms with Crippen LogP contribution in [0.4, 0.5) is 5.82 Å². The minimum atomic E-state index is -0.113. The number of aryl methyl sites for hydroxylation is 1. The number of hydrogen-bond acceptors (Lipinski definition) is 9. The zero-order chi connectivity index (χ0) is 25.4. The Labute approximate surface area is 225 Å². The van der Waals surface area contributed by atoms with Crippen LogP contribution in [-0.2, 0) is 0 Å². The van der Waals surface area contributed by atoms with Crippen LogP contribution in [0, 0.1) is 6.92 Å². The maximum absolute atomic E-state index is 12.6. The van der Waals surface area contributed by atoms with Gasteiger partial charge in [-0.05, 0) is 44.1 Å². The number of aromatic amines is 1. The maximum atomic E-state index is 12.6. The second kappa shape index (κ2) is 10.2. The van der Waals surface area contributed by atoms with Gasteiger partial charge in [0.25, 0.3) is 5.91 Å². The van der Waals surface area contributed by atoms with Crippen molar-refractivity contribution in [2.75, 3.05) is 5.32 Å². The average Bonchev–Trinajstić information content (AvgIpc) is 3.65. The molecule has 3 N–H and O–H groups in total. The van der Waals surface area contributed by atoms with E-state index in [9.17, 15) is 4.79 Å². The van der Waals surface area contributed by atoms with E-state index in [1.165, 1.54) is 17.5 Å². The van der Waals surface area contributed by atoms with Crippen LogP contribution >= 0.6 is 34.3 Å². The first kappa shape index (κ1) is 24.0. The molecule has 37 heavy (non-hydrogen) atoms. The minimum absolute atomic E-state index is 0.0739. The molecule has 0 aliphatic heterocycles. The van der Waals surface area contributed by atoms with Gasteiger partial charge in [0.1, 0.15) is 22.2 Å². The van der Waals surface area contributed by atoms with E-state index in [2.05, 4.69) is 30.6 Å². The summed E-state index contributed by atoms with van der Waals surface area (Å²) in [6.07, 6.45) is 7.06. The van der Waals surface area contributed by atoms with Crippen molar-refractivity contribution in [2.24, 2.45) is 0 Å². The van der Waals surface area contributed by atoms with Gasteiger partial charge in [0.2, 0.25) is 0 Å². The Kier molecular flexibility index (Phi) is 6.58. The molecule has 5 aromatic rings. The number of carbonyl (C=O) groups excluding carboxylic acids is 1. The van der Waals surface area contributed by atoms with Crippen LogP contribution in [0.15, 0.2) is 41.4 Å². The Hall–Kier alpha value is -3.41. The molecule has 1 amide bonds. The molecule has 1 saturated carbocycles. The number of thiophene rings is 1. The standard InChI is InChI=1S/C25H23ClN8OS2/c1-13-29-18(12-37-13)25(35)31-15-5-2-4-14(8-15)30-21-9-17(19-6-3-7-36-19)32-23(34-21)16-10-27-24-22(16)33-20(26)11-28-24/h3,6-7,9-12,14-15H,2,4-5,8H2,1H3,(H,27,28)(H,31,35)(H,30,32,34). The quantitative estimate of drug-likeness (QED) is 0.247. The molecular weight excluding hydrogens is 528 g/mol. The van der Waals surface area contributed by atoms with Gasteiger partial charge in [0, 0.05) is 29.7 Å². The molecule has 1 aliphatic rings. The Morgan fingerprint density at radius 2 is 2.05 bits per heavy atom. The lowest BCUT2D eigenvalue weighted by Gasteiger charge is -2.30. The highest BCUT2D eigenvalue weighted by atomic mass is 35.5. The molecule has 5 heterocycles. The van der Waals surface area contributed by atoms with Crippen LogP contribution in [0.25, 0.3) is 33.1 Å². The molecule has 0 aromatic carbocycles. The van der Waals surface area contributed by atoms with Gasteiger partial charge in [-0.3, -0.25) is 4.79 Å². The molecular formula is C25H23ClN8OS2. The van der Waals surface area contributed by atoms with Gasteiger partial charge in [-0.1, -0.05) is 17.7 Å². The van der Waals surface area contributed by atoms with E-state index < -0.39 is 0 Å². The molecule has 12 heteroatoms. The second-order valence-electron chi connectivity index (χ2n) is 8.96. The fourth-order valence-corrected chi connectivity index (χ4v) is 6.03. The number of H-pyrrole nitrogens is 1. The van der Waals surface area contributed by atoms with Crippen LogP contribution in [0.3, 0.4) is 0 Å². The third-order valence-electron chi connectivity index (χ3n) is 6.31. The second-order valence-corrected chi connectivity index (χ2v) is 11.4. The van der Waals surface area contributed by atoms with E-state index in [-0.39, 0.29) is 18.0 Å². The van der Waals surface area contributed by atoms with E-state index in [0.29, 0.717) is 27.8 Å². The Morgan fingerprint density at radius 1 is 1.16 bits per heavy atom. The summed E-state index contributed by atoms with van der Waals surface area (Å²) in [6.45, 7) is 1.90. The van der Waals surface area contributed by atoms with Gasteiger partial charge in [-0.25, -0.2) is 24.9 Å². The molecule has 2 unspecified atom stereocenters. The van der Waals surface area contributed by atoms with Gasteiger partial charge in [-0.2, -0.15) is 0 Å². The third kappa shape index (κ3) is 5.20. The van der Waals surface area contributed by atoms with Crippen LogP contribution in [0.1, 0.15) is 41.2 Å². The molecule has 0 spiro atoms. The number of amides is 1. The van der Waals surface area contributed by atoms with Gasteiger partial charge in [0.15, 0.2) is 11.5 Å². The molecule has 0 radical (unpaired) electrons. The summed E-state index contributed by atoms with van der Waals surface area (Å²) < 4.78 is 0. The molecule has 5 aromatic heterocycles. The Balaban J connectivity index is 1.26. The molecule has 6 rings (SSSR count). The zero-order valence-corrected chi connectivity index (χ0v) is 22.3. The summed E-state index contributed by atoms with van der Waals surface area (Å²) in [7, 11) is 0. The van der Waals surface area contributed by atoms with Crippen molar-refractivity contribution in [3.8, 4) is 22.0 Å². The van der Waals surface area contributed by atoms with Crippen molar-refractivity contribution in [3.63, 3.8) is 0 Å². The van der Waals surface area contributed by atoms with Gasteiger partial charge in [-0.15, -0.1) is 22.7 Å². The highest BCUT2D eigenvalue weighted by Crippen LogP contribution is 2.31. The first-order chi connectivity index (χ1) is 18.0. The molecule has 9 nitrogen and oxygen atoms in total. The van der Waals surface area contributed by atoms with Gasteiger partial charge in [0.05, 0.1) is 27.3 Å². The first-order valence-corrected chi connectivity index (χ1v) is 14.1. The molecule has 0 bridgehead atoms. The summed E-state index contributed by atoms with van der Waals surface area (Å²) >= 11 is 9.23. The van der Waals surface area contributed by atoms with Crippen LogP contribution in [-0.4, -0.2) is 47.9 Å². The fraction of sp³-hybridized carbons (Fsp3) is 0.280. The van der Waals surface area contributed by atoms with E-state index in [0.717, 1.165) is 52.6 Å². The fourth-order valence-electron chi connectivity index (χ4n) is 4.62. The highest BCUT2D eigenvalue weighted by molar-refractivity contribution is 7.13. The molecule has 0 saturated heterocycles. The number of nitrogens with one attached hydrogen (secondary N) is 3. The third-order valence-corrected chi connectivity index (χ3v) is 8.15. The number of carbonyl (C=O) groups is 1. The molecule has 188 valence electrons. The predicted octanol–water partition coefficient (Wildman–Crippen LogP) is 5.71. The van der Waals surface area contributed by atoms with Crippen LogP contribution in [0.2, 0.25) is 5.15 Å². The van der Waals surface area contributed by atoms with Crippen molar-refractivity contribution < 1.29 is 4.79 Å². The van der Waals surface area contributed by atoms with E-state index >= 15 is 0 Å². The molecule has 1 aliphatic carbocycles. The normalized spacial score (nSPS) is 17.7. The number of thiazole rings is 1. The number of halogens is 1. The number of aromatic nitrogens is 6. The van der Waals surface area contributed by atoms with Crippen LogP contribution < -0.4 is 10.6 Å². The lowest BCUT2D eigenvalue weighted by Crippen LogP contribution is -2.42. The van der Waals surface area contributed by atoms with Crippen molar-refractivity contribution in [1.29, 1.82) is 0 Å². The summed E-state index contributed by atoms with van der Waals surface area (Å²) in [6, 6.07) is 6.25. The summed E-state index contributed by atoms with van der Waals surface area (Å²) in [5.41, 5.74) is 3.30. The topological polar surface area (TPSA) is 121 Å². The predicted molar refractivity (Wildman–Crippen MR) is 147 cm³/mol. The van der Waals surface area contributed by atoms with Gasteiger partial charge < -0.3 is 15.6 Å². The summed E-state index contributed by atoms with van der Waals surface area (Å²) in [5, 5.41) is 11.8. The van der Waals surface area contributed by atoms with Crippen molar-refractivity contribution >= 4 is 57.2 Å². The average molecular weight is 551 g/mol. The Morgan fingerprint density at radius 3 is 2.86 bits per heavy atom. The van der Waals surface area contributed by atoms with Crippen LogP contribution in [0.5, 0.6) is 0 Å². The lowest BCUT2D eigenvalue weighted by atomic mass is 9.91. The van der Waals surface area contributed by atoms with Gasteiger partial charge >= 0.3 is 0 Å². The lowest BCUT2D eigenvalue weighted by molar-refractivity contribution is 0.0922. The minimum Gasteiger partial charge on any atom is -0.367 e. The largest absolute Gasteiger partial charge is 0.367 e. The first-order valence-electron chi connectivity index (χ1n) is 11.9. The number of anilines is 1. The molecule has 1 fully saturated rings. The highest BCUT2D eigenvalue weighted by Gasteiger charge is 2.25. The number of rotatable bonds is 6. The van der Waals surface area contributed by atoms with E-state index in [4.69, 9.17) is 21.6 Å². The summed E-state index contributed by atoms with van der Waals surface area (Å²) in [4.78, 5) is 39.6. The SMILES string of the molecule is Cc1nc(C(=O)NC2CCCC(Nc3cc(-c4cccs4)nc(-c4c[nH]c5ncc(Cl)nc45)n3)C2)cs1. The van der Waals surface area contributed by atoms with E-state index in [1.807, 2.05) is 36.7 Å². The smallest absolute Gasteiger partial charge is 0.270 e. The van der Waals surface area contributed by atoms with E-state index in [1.54, 1.807) is 16.7 Å². The number of hydrogen-bond donors (Lipinski definition) is 3. The molecule has 2 atom stereocenters. The number of nitrogens with zero attached hydrogens (tertiary/aromatic N) is 5. The van der Waals surface area contributed by atoms with Crippen molar-refractivity contribution in [1.82, 2.24) is 35.2 Å².